The second kappa shape index (κ2) is 5.92. The van der Waals surface area contributed by atoms with Crippen molar-refractivity contribution in [3.05, 3.63) is 48.5 Å². The fourth-order valence-electron chi connectivity index (χ4n) is 1.37. The third kappa shape index (κ3) is 3.14. The van der Waals surface area contributed by atoms with Crippen molar-refractivity contribution in [1.29, 1.82) is 0 Å². The molecule has 1 aromatic heterocycles. The van der Waals surface area contributed by atoms with Crippen molar-refractivity contribution in [2.24, 2.45) is 5.10 Å². The third-order valence-electron chi connectivity index (χ3n) is 2.30. The summed E-state index contributed by atoms with van der Waals surface area (Å²) in [5.74, 6) is 0. The van der Waals surface area contributed by atoms with Crippen molar-refractivity contribution in [2.45, 2.75) is 0 Å². The Balaban J connectivity index is 2.02. The number of hydrazone groups is 1. The summed E-state index contributed by atoms with van der Waals surface area (Å²) >= 11 is 4.90. The van der Waals surface area contributed by atoms with E-state index in [1.54, 1.807) is 25.8 Å². The number of hydrogen-bond donors (Lipinski definition) is 2. The second-order valence-electron chi connectivity index (χ2n) is 3.51. The zero-order chi connectivity index (χ0) is 12.8. The molecule has 0 fully saturated rings. The van der Waals surface area contributed by atoms with Crippen LogP contribution in [0.4, 0.5) is 0 Å². The van der Waals surface area contributed by atoms with Crippen LogP contribution in [-0.2, 0) is 0 Å². The van der Waals surface area contributed by atoms with Gasteiger partial charge in [0.2, 0.25) is 0 Å². The van der Waals surface area contributed by atoms with E-state index in [0.29, 0.717) is 5.11 Å². The molecule has 0 aliphatic carbocycles. The number of aromatic nitrogens is 2. The van der Waals surface area contributed by atoms with Gasteiger partial charge in [-0.05, 0) is 29.9 Å². The van der Waals surface area contributed by atoms with Crippen molar-refractivity contribution >= 4 is 23.5 Å². The molecule has 2 rings (SSSR count). The van der Waals surface area contributed by atoms with Gasteiger partial charge in [-0.3, -0.25) is 5.43 Å². The standard InChI is InChI=1S/C12H13N5S/c1-13-12(18)16-15-8-10-2-4-11(5-3-10)17-7-6-14-9-17/h2-9H,1H3,(H2,13,16,18)/b15-8+. The number of imidazole rings is 1. The van der Waals surface area contributed by atoms with E-state index in [-0.39, 0.29) is 0 Å². The van der Waals surface area contributed by atoms with Gasteiger partial charge in [0, 0.05) is 25.1 Å². The molecule has 6 heteroatoms. The Morgan fingerprint density at radius 3 is 2.78 bits per heavy atom. The van der Waals surface area contributed by atoms with Gasteiger partial charge in [-0.2, -0.15) is 5.10 Å². The van der Waals surface area contributed by atoms with Crippen LogP contribution in [-0.4, -0.2) is 27.9 Å². The van der Waals surface area contributed by atoms with Crippen LogP contribution >= 0.6 is 12.2 Å². The zero-order valence-electron chi connectivity index (χ0n) is 9.87. The van der Waals surface area contributed by atoms with Crippen molar-refractivity contribution in [3.63, 3.8) is 0 Å². The minimum absolute atomic E-state index is 0.487. The number of rotatable bonds is 3. The summed E-state index contributed by atoms with van der Waals surface area (Å²) in [7, 11) is 1.74. The normalized spacial score (nSPS) is 10.5. The van der Waals surface area contributed by atoms with Gasteiger partial charge in [0.25, 0.3) is 0 Å². The molecule has 0 aliphatic heterocycles. The highest BCUT2D eigenvalue weighted by Crippen LogP contribution is 2.07. The summed E-state index contributed by atoms with van der Waals surface area (Å²) in [6, 6.07) is 7.95. The Morgan fingerprint density at radius 1 is 1.39 bits per heavy atom. The Hall–Kier alpha value is -2.21. The summed E-state index contributed by atoms with van der Waals surface area (Å²) in [5, 5.41) is 7.27. The summed E-state index contributed by atoms with van der Waals surface area (Å²) in [6.45, 7) is 0. The van der Waals surface area contributed by atoms with Crippen LogP contribution in [0.5, 0.6) is 0 Å². The Labute approximate surface area is 111 Å². The number of nitrogens with zero attached hydrogens (tertiary/aromatic N) is 3. The molecule has 0 radical (unpaired) electrons. The number of nitrogens with one attached hydrogen (secondary N) is 2. The Bertz CT molecular complexity index is 530. The molecule has 92 valence electrons. The van der Waals surface area contributed by atoms with Gasteiger partial charge in [-0.1, -0.05) is 12.1 Å². The average molecular weight is 259 g/mol. The third-order valence-corrected chi connectivity index (χ3v) is 2.60. The van der Waals surface area contributed by atoms with E-state index in [2.05, 4.69) is 20.8 Å². The minimum Gasteiger partial charge on any atom is -0.364 e. The molecule has 2 aromatic rings. The van der Waals surface area contributed by atoms with Crippen molar-refractivity contribution in [2.75, 3.05) is 7.05 Å². The number of hydrogen-bond acceptors (Lipinski definition) is 3. The van der Waals surface area contributed by atoms with E-state index < -0.39 is 0 Å². The van der Waals surface area contributed by atoms with Gasteiger partial charge >= 0.3 is 0 Å². The molecule has 0 amide bonds. The molecule has 18 heavy (non-hydrogen) atoms. The van der Waals surface area contributed by atoms with E-state index in [1.165, 1.54) is 0 Å². The molecule has 0 aliphatic rings. The summed E-state index contributed by atoms with van der Waals surface area (Å²) in [5.41, 5.74) is 4.75. The van der Waals surface area contributed by atoms with Crippen LogP contribution in [0.2, 0.25) is 0 Å². The van der Waals surface area contributed by atoms with Gasteiger partial charge in [-0.25, -0.2) is 4.98 Å². The first-order valence-electron chi connectivity index (χ1n) is 5.39. The summed E-state index contributed by atoms with van der Waals surface area (Å²) in [6.07, 6.45) is 7.12. The van der Waals surface area contributed by atoms with Gasteiger partial charge in [-0.15, -0.1) is 0 Å². The highest BCUT2D eigenvalue weighted by molar-refractivity contribution is 7.80. The topological polar surface area (TPSA) is 54.2 Å². The molecule has 0 spiro atoms. The van der Waals surface area contributed by atoms with E-state index >= 15 is 0 Å². The first-order chi connectivity index (χ1) is 8.79. The maximum Gasteiger partial charge on any atom is 0.186 e. The van der Waals surface area contributed by atoms with Crippen LogP contribution < -0.4 is 10.7 Å². The Kier molecular flexibility index (Phi) is 4.03. The SMILES string of the molecule is CNC(=S)N/N=C/c1ccc(-n2ccnc2)cc1. The van der Waals surface area contributed by atoms with Crippen molar-refractivity contribution in [1.82, 2.24) is 20.3 Å². The van der Waals surface area contributed by atoms with Crippen molar-refractivity contribution < 1.29 is 0 Å². The van der Waals surface area contributed by atoms with Crippen LogP contribution in [0.15, 0.2) is 48.1 Å². The average Bonchev–Trinajstić information content (AvgIpc) is 2.93. The lowest BCUT2D eigenvalue weighted by Crippen LogP contribution is -2.28. The molecule has 1 aromatic carbocycles. The first-order valence-corrected chi connectivity index (χ1v) is 5.79. The largest absolute Gasteiger partial charge is 0.364 e. The predicted molar refractivity (Wildman–Crippen MR) is 76.0 cm³/mol. The van der Waals surface area contributed by atoms with Gasteiger partial charge < -0.3 is 9.88 Å². The molecule has 1 heterocycles. The molecule has 5 nitrogen and oxygen atoms in total. The predicted octanol–water partition coefficient (Wildman–Crippen LogP) is 1.30. The van der Waals surface area contributed by atoms with Crippen LogP contribution in [0.1, 0.15) is 5.56 Å². The number of benzene rings is 1. The Morgan fingerprint density at radius 2 is 2.17 bits per heavy atom. The molecule has 2 N–H and O–H groups in total. The monoisotopic (exact) mass is 259 g/mol. The molecular weight excluding hydrogens is 246 g/mol. The maximum absolute atomic E-state index is 4.90. The lowest BCUT2D eigenvalue weighted by molar-refractivity contribution is 0.982. The van der Waals surface area contributed by atoms with E-state index in [9.17, 15) is 0 Å². The highest BCUT2D eigenvalue weighted by Gasteiger charge is 1.94. The molecule has 0 saturated carbocycles. The second-order valence-corrected chi connectivity index (χ2v) is 3.92. The summed E-state index contributed by atoms with van der Waals surface area (Å²) < 4.78 is 1.94. The van der Waals surface area contributed by atoms with Crippen LogP contribution in [0, 0.1) is 0 Å². The van der Waals surface area contributed by atoms with E-state index in [0.717, 1.165) is 11.3 Å². The minimum atomic E-state index is 0.487. The molecule has 0 atom stereocenters. The van der Waals surface area contributed by atoms with Gasteiger partial charge in [0.15, 0.2) is 5.11 Å². The maximum atomic E-state index is 4.90. The van der Waals surface area contributed by atoms with Crippen molar-refractivity contribution in [3.8, 4) is 5.69 Å². The lowest BCUT2D eigenvalue weighted by Gasteiger charge is -2.02. The van der Waals surface area contributed by atoms with Crippen LogP contribution in [0.25, 0.3) is 5.69 Å². The smallest absolute Gasteiger partial charge is 0.186 e. The van der Waals surface area contributed by atoms with Crippen LogP contribution in [0.3, 0.4) is 0 Å². The molecule has 0 bridgehead atoms. The van der Waals surface area contributed by atoms with Gasteiger partial charge in [0.1, 0.15) is 0 Å². The fourth-order valence-corrected chi connectivity index (χ4v) is 1.42. The number of thiocarbonyl (C=S) groups is 1. The first kappa shape index (κ1) is 12.3. The molecule has 0 unspecified atom stereocenters. The van der Waals surface area contributed by atoms with E-state index in [1.807, 2.05) is 35.0 Å². The molecular formula is C12H13N5S. The molecule has 0 saturated heterocycles. The lowest BCUT2D eigenvalue weighted by atomic mass is 10.2. The zero-order valence-corrected chi connectivity index (χ0v) is 10.7. The summed E-state index contributed by atoms with van der Waals surface area (Å²) in [4.78, 5) is 4.00. The fraction of sp³-hybridized carbons (Fsp3) is 0.0833. The highest BCUT2D eigenvalue weighted by atomic mass is 32.1. The van der Waals surface area contributed by atoms with Gasteiger partial charge in [0.05, 0.1) is 12.5 Å². The van der Waals surface area contributed by atoms with E-state index in [4.69, 9.17) is 12.2 Å². The quantitative estimate of drug-likeness (QED) is 0.495.